The summed E-state index contributed by atoms with van der Waals surface area (Å²) >= 11 is 0. The fourth-order valence-corrected chi connectivity index (χ4v) is 2.82. The van der Waals surface area contributed by atoms with Gasteiger partial charge in [0.1, 0.15) is 5.82 Å². The number of likely N-dealkylation sites (tertiary alicyclic amines) is 1. The fraction of sp³-hybridized carbons (Fsp3) is 0.562. The maximum Gasteiger partial charge on any atom is 0.253 e. The molecule has 1 aliphatic heterocycles. The summed E-state index contributed by atoms with van der Waals surface area (Å²) in [6.45, 7) is 4.40. The number of piperidine rings is 1. The van der Waals surface area contributed by atoms with E-state index in [2.05, 4.69) is 5.32 Å². The third-order valence-electron chi connectivity index (χ3n) is 3.99. The van der Waals surface area contributed by atoms with Gasteiger partial charge in [-0.05, 0) is 69.5 Å². The normalized spacial score (nSPS) is 15.7. The summed E-state index contributed by atoms with van der Waals surface area (Å²) in [7, 11) is 1.96. The van der Waals surface area contributed by atoms with E-state index in [1.165, 1.54) is 12.1 Å². The van der Waals surface area contributed by atoms with Gasteiger partial charge in [0, 0.05) is 18.7 Å². The summed E-state index contributed by atoms with van der Waals surface area (Å²) in [5.41, 5.74) is 1.26. The average Bonchev–Trinajstić information content (AvgIpc) is 2.44. The molecule has 5 heteroatoms. The zero-order valence-corrected chi connectivity index (χ0v) is 13.5. The van der Waals surface area contributed by atoms with Gasteiger partial charge in [-0.15, -0.1) is 12.4 Å². The number of hydrogen-bond acceptors (Lipinski definition) is 2. The number of rotatable bonds is 4. The lowest BCUT2D eigenvalue weighted by molar-refractivity contribution is 0.0686. The summed E-state index contributed by atoms with van der Waals surface area (Å²) in [5, 5.41) is 3.17. The second-order valence-electron chi connectivity index (χ2n) is 5.65. The minimum atomic E-state index is -0.336. The predicted molar refractivity (Wildman–Crippen MR) is 85.6 cm³/mol. The molecule has 1 N–H and O–H groups in total. The second-order valence-corrected chi connectivity index (χ2v) is 5.65. The maximum atomic E-state index is 13.4. The lowest BCUT2D eigenvalue weighted by atomic mass is 9.93. The van der Waals surface area contributed by atoms with Gasteiger partial charge in [0.05, 0.1) is 0 Å². The van der Waals surface area contributed by atoms with Crippen LogP contribution >= 0.6 is 12.4 Å². The molecule has 21 heavy (non-hydrogen) atoms. The lowest BCUT2D eigenvalue weighted by Gasteiger charge is -2.32. The standard InChI is InChI=1S/C16H23FN2O.ClH/c1-12-9-14(11-15(17)10-12)16(20)19-7-4-13(5-8-19)3-6-18-2;/h9-11,13,18H,3-8H2,1-2H3;1H. The summed E-state index contributed by atoms with van der Waals surface area (Å²) < 4.78 is 13.4. The van der Waals surface area contributed by atoms with Crippen molar-refractivity contribution in [2.24, 2.45) is 5.92 Å². The van der Waals surface area contributed by atoms with Crippen molar-refractivity contribution in [1.29, 1.82) is 0 Å². The molecule has 118 valence electrons. The summed E-state index contributed by atoms with van der Waals surface area (Å²) in [6, 6.07) is 4.54. The number of carbonyl (C=O) groups is 1. The molecule has 0 radical (unpaired) electrons. The number of halogens is 2. The number of aryl methyl sites for hydroxylation is 1. The van der Waals surface area contributed by atoms with E-state index in [4.69, 9.17) is 0 Å². The number of hydrogen-bond donors (Lipinski definition) is 1. The zero-order valence-electron chi connectivity index (χ0n) is 12.7. The molecule has 1 aliphatic rings. The Kier molecular flexibility index (Phi) is 7.12. The van der Waals surface area contributed by atoms with Crippen molar-refractivity contribution in [1.82, 2.24) is 10.2 Å². The molecule has 0 spiro atoms. The van der Waals surface area contributed by atoms with E-state index < -0.39 is 0 Å². The van der Waals surface area contributed by atoms with Gasteiger partial charge in [-0.25, -0.2) is 4.39 Å². The minimum Gasteiger partial charge on any atom is -0.339 e. The van der Waals surface area contributed by atoms with Gasteiger partial charge in [0.2, 0.25) is 0 Å². The summed E-state index contributed by atoms with van der Waals surface area (Å²) in [5.74, 6) is 0.317. The second kappa shape index (κ2) is 8.35. The molecule has 0 bridgehead atoms. The first-order valence-electron chi connectivity index (χ1n) is 7.31. The van der Waals surface area contributed by atoms with E-state index in [9.17, 15) is 9.18 Å². The van der Waals surface area contributed by atoms with E-state index in [1.54, 1.807) is 6.07 Å². The fourth-order valence-electron chi connectivity index (χ4n) is 2.82. The van der Waals surface area contributed by atoms with Crippen LogP contribution in [0.25, 0.3) is 0 Å². The van der Waals surface area contributed by atoms with Crippen LogP contribution in [0.2, 0.25) is 0 Å². The number of benzene rings is 1. The average molecular weight is 315 g/mol. The molecule has 1 aromatic carbocycles. The van der Waals surface area contributed by atoms with Gasteiger partial charge < -0.3 is 10.2 Å². The number of nitrogens with one attached hydrogen (secondary N) is 1. The highest BCUT2D eigenvalue weighted by Gasteiger charge is 2.23. The Morgan fingerprint density at radius 1 is 1.33 bits per heavy atom. The molecule has 1 heterocycles. The monoisotopic (exact) mass is 314 g/mol. The van der Waals surface area contributed by atoms with Crippen LogP contribution in [-0.2, 0) is 0 Å². The quantitative estimate of drug-likeness (QED) is 0.926. The van der Waals surface area contributed by atoms with Crippen LogP contribution in [0.5, 0.6) is 0 Å². The summed E-state index contributed by atoms with van der Waals surface area (Å²) in [4.78, 5) is 14.2. The molecule has 0 aliphatic carbocycles. The van der Waals surface area contributed by atoms with Crippen LogP contribution in [0.4, 0.5) is 4.39 Å². The zero-order chi connectivity index (χ0) is 14.5. The molecule has 1 saturated heterocycles. The van der Waals surface area contributed by atoms with Crippen LogP contribution in [0.15, 0.2) is 18.2 Å². The molecular weight excluding hydrogens is 291 g/mol. The highest BCUT2D eigenvalue weighted by atomic mass is 35.5. The van der Waals surface area contributed by atoms with Gasteiger partial charge in [-0.1, -0.05) is 0 Å². The number of amides is 1. The molecule has 1 aromatic rings. The van der Waals surface area contributed by atoms with Crippen LogP contribution < -0.4 is 5.32 Å². The third-order valence-corrected chi connectivity index (χ3v) is 3.99. The van der Waals surface area contributed by atoms with E-state index in [0.717, 1.165) is 44.5 Å². The van der Waals surface area contributed by atoms with Crippen molar-refractivity contribution in [3.05, 3.63) is 35.1 Å². The van der Waals surface area contributed by atoms with Gasteiger partial charge >= 0.3 is 0 Å². The van der Waals surface area contributed by atoms with Gasteiger partial charge in [0.25, 0.3) is 5.91 Å². The van der Waals surface area contributed by atoms with E-state index >= 15 is 0 Å². The van der Waals surface area contributed by atoms with Crippen LogP contribution in [-0.4, -0.2) is 37.5 Å². The molecule has 1 fully saturated rings. The predicted octanol–water partition coefficient (Wildman–Crippen LogP) is 3.02. The van der Waals surface area contributed by atoms with Crippen molar-refractivity contribution >= 4 is 18.3 Å². The highest BCUT2D eigenvalue weighted by Crippen LogP contribution is 2.22. The smallest absolute Gasteiger partial charge is 0.253 e. The largest absolute Gasteiger partial charge is 0.339 e. The molecular formula is C16H24ClFN2O. The first-order valence-corrected chi connectivity index (χ1v) is 7.31. The van der Waals surface area contributed by atoms with Crippen LogP contribution in [0.3, 0.4) is 0 Å². The van der Waals surface area contributed by atoms with Crippen molar-refractivity contribution < 1.29 is 9.18 Å². The van der Waals surface area contributed by atoms with Crippen molar-refractivity contribution in [2.45, 2.75) is 26.2 Å². The molecule has 3 nitrogen and oxygen atoms in total. The van der Waals surface area contributed by atoms with Crippen LogP contribution in [0, 0.1) is 18.7 Å². The van der Waals surface area contributed by atoms with E-state index in [-0.39, 0.29) is 24.1 Å². The Hall–Kier alpha value is -1.13. The molecule has 0 aromatic heterocycles. The molecule has 0 saturated carbocycles. The number of carbonyl (C=O) groups excluding carboxylic acids is 1. The Bertz CT molecular complexity index is 453. The van der Waals surface area contributed by atoms with Gasteiger partial charge in [-0.3, -0.25) is 4.79 Å². The number of nitrogens with zero attached hydrogens (tertiary/aromatic N) is 1. The Balaban J connectivity index is 0.00000220. The van der Waals surface area contributed by atoms with E-state index in [1.807, 2.05) is 18.9 Å². The highest BCUT2D eigenvalue weighted by molar-refractivity contribution is 5.94. The molecule has 0 atom stereocenters. The van der Waals surface area contributed by atoms with Crippen LogP contribution in [0.1, 0.15) is 35.2 Å². The molecule has 1 amide bonds. The Morgan fingerprint density at radius 3 is 2.57 bits per heavy atom. The summed E-state index contributed by atoms with van der Waals surface area (Å²) in [6.07, 6.45) is 3.25. The van der Waals surface area contributed by atoms with Crippen molar-refractivity contribution in [3.8, 4) is 0 Å². The molecule has 0 unspecified atom stereocenters. The Morgan fingerprint density at radius 2 is 2.00 bits per heavy atom. The minimum absolute atomic E-state index is 0. The van der Waals surface area contributed by atoms with Gasteiger partial charge in [-0.2, -0.15) is 0 Å². The third kappa shape index (κ3) is 4.97. The van der Waals surface area contributed by atoms with Gasteiger partial charge in [0.15, 0.2) is 0 Å². The van der Waals surface area contributed by atoms with Crippen molar-refractivity contribution in [2.75, 3.05) is 26.7 Å². The first kappa shape index (κ1) is 17.9. The SMILES string of the molecule is CNCCC1CCN(C(=O)c2cc(C)cc(F)c2)CC1.Cl. The van der Waals surface area contributed by atoms with Crippen molar-refractivity contribution in [3.63, 3.8) is 0 Å². The first-order chi connectivity index (χ1) is 9.60. The Labute approximate surface area is 132 Å². The molecule has 2 rings (SSSR count). The van der Waals surface area contributed by atoms with E-state index in [0.29, 0.717) is 11.5 Å². The lowest BCUT2D eigenvalue weighted by Crippen LogP contribution is -2.39. The topological polar surface area (TPSA) is 32.3 Å². The maximum absolute atomic E-state index is 13.4.